The minimum absolute atomic E-state index is 0.00999. The summed E-state index contributed by atoms with van der Waals surface area (Å²) in [5, 5.41) is 11.7. The van der Waals surface area contributed by atoms with E-state index in [1.54, 1.807) is 0 Å². The van der Waals surface area contributed by atoms with Gasteiger partial charge in [-0.2, -0.15) is 0 Å². The summed E-state index contributed by atoms with van der Waals surface area (Å²) < 4.78 is 25.8. The van der Waals surface area contributed by atoms with Crippen LogP contribution < -0.4 is 5.32 Å². The van der Waals surface area contributed by atoms with Crippen molar-refractivity contribution in [2.24, 2.45) is 0 Å². The van der Waals surface area contributed by atoms with Crippen LogP contribution in [0.5, 0.6) is 0 Å². The van der Waals surface area contributed by atoms with Crippen LogP contribution in [0.15, 0.2) is 18.2 Å². The number of rotatable bonds is 6. The van der Waals surface area contributed by atoms with Crippen LogP contribution in [-0.2, 0) is 4.79 Å². The summed E-state index contributed by atoms with van der Waals surface area (Å²) in [6.45, 7) is 3.68. The molecule has 2 unspecified atom stereocenters. The molecule has 1 aromatic carbocycles. The Bertz CT molecular complexity index is 423. The lowest BCUT2D eigenvalue weighted by molar-refractivity contribution is -0.137. The van der Waals surface area contributed by atoms with Gasteiger partial charge in [-0.3, -0.25) is 4.79 Å². The van der Waals surface area contributed by atoms with Crippen molar-refractivity contribution in [1.29, 1.82) is 0 Å². The number of nitrogens with one attached hydrogen (secondary N) is 1. The third-order valence-electron chi connectivity index (χ3n) is 2.77. The predicted octanol–water partition coefficient (Wildman–Crippen LogP) is 2.87. The second-order valence-electron chi connectivity index (χ2n) is 4.40. The third kappa shape index (κ3) is 4.41. The van der Waals surface area contributed by atoms with Crippen LogP contribution in [0.25, 0.3) is 0 Å². The number of carboxylic acid groups (broad SMARTS) is 1. The number of benzene rings is 1. The summed E-state index contributed by atoms with van der Waals surface area (Å²) in [7, 11) is 0. The number of hydrogen-bond donors (Lipinski definition) is 2. The lowest BCUT2D eigenvalue weighted by Crippen LogP contribution is -2.29. The Morgan fingerprint density at radius 1 is 1.33 bits per heavy atom. The molecule has 0 aliphatic carbocycles. The summed E-state index contributed by atoms with van der Waals surface area (Å²) in [6.07, 6.45) is 0.571. The Hall–Kier alpha value is -1.49. The molecule has 0 aliphatic rings. The first-order chi connectivity index (χ1) is 8.40. The van der Waals surface area contributed by atoms with E-state index in [1.165, 1.54) is 6.07 Å². The van der Waals surface area contributed by atoms with Crippen LogP contribution >= 0.6 is 0 Å². The van der Waals surface area contributed by atoms with Crippen LogP contribution in [0.2, 0.25) is 0 Å². The Kier molecular flexibility index (Phi) is 5.22. The van der Waals surface area contributed by atoms with Crippen molar-refractivity contribution in [3.63, 3.8) is 0 Å². The highest BCUT2D eigenvalue weighted by Crippen LogP contribution is 2.17. The fourth-order valence-corrected chi connectivity index (χ4v) is 1.73. The lowest BCUT2D eigenvalue weighted by Gasteiger charge is -2.20. The van der Waals surface area contributed by atoms with Crippen molar-refractivity contribution >= 4 is 5.97 Å². The van der Waals surface area contributed by atoms with Gasteiger partial charge in [0.2, 0.25) is 0 Å². The molecule has 2 N–H and O–H groups in total. The van der Waals surface area contributed by atoms with E-state index in [0.717, 1.165) is 12.1 Å². The maximum Gasteiger partial charge on any atom is 0.303 e. The normalized spacial score (nSPS) is 14.2. The quantitative estimate of drug-likeness (QED) is 0.823. The van der Waals surface area contributed by atoms with E-state index in [9.17, 15) is 13.6 Å². The van der Waals surface area contributed by atoms with E-state index >= 15 is 0 Å². The van der Waals surface area contributed by atoms with Gasteiger partial charge in [-0.15, -0.1) is 0 Å². The van der Waals surface area contributed by atoms with Crippen molar-refractivity contribution < 1.29 is 18.7 Å². The zero-order valence-electron chi connectivity index (χ0n) is 10.4. The molecule has 0 radical (unpaired) electrons. The molecular formula is C13H17F2NO2. The monoisotopic (exact) mass is 257 g/mol. The van der Waals surface area contributed by atoms with Gasteiger partial charge in [-0.25, -0.2) is 8.78 Å². The maximum absolute atomic E-state index is 13.1. The van der Waals surface area contributed by atoms with Crippen molar-refractivity contribution in [3.8, 4) is 0 Å². The van der Waals surface area contributed by atoms with E-state index in [4.69, 9.17) is 5.11 Å². The first-order valence-electron chi connectivity index (χ1n) is 5.83. The second-order valence-corrected chi connectivity index (χ2v) is 4.40. The molecule has 0 saturated heterocycles. The van der Waals surface area contributed by atoms with Crippen molar-refractivity contribution in [2.75, 3.05) is 0 Å². The van der Waals surface area contributed by atoms with Gasteiger partial charge in [0, 0.05) is 18.5 Å². The molecule has 0 spiro atoms. The fourth-order valence-electron chi connectivity index (χ4n) is 1.73. The average Bonchev–Trinajstić information content (AvgIpc) is 2.30. The van der Waals surface area contributed by atoms with Crippen molar-refractivity contribution in [2.45, 2.75) is 38.8 Å². The number of hydrogen-bond acceptors (Lipinski definition) is 2. The van der Waals surface area contributed by atoms with Crippen LogP contribution in [0.1, 0.15) is 38.3 Å². The minimum atomic E-state index is -0.876. The van der Waals surface area contributed by atoms with Crippen LogP contribution in [0, 0.1) is 11.6 Å². The largest absolute Gasteiger partial charge is 0.481 e. The molecule has 0 aromatic heterocycles. The minimum Gasteiger partial charge on any atom is -0.481 e. The van der Waals surface area contributed by atoms with E-state index in [0.29, 0.717) is 12.0 Å². The third-order valence-corrected chi connectivity index (χ3v) is 2.77. The Labute approximate surface area is 105 Å². The summed E-state index contributed by atoms with van der Waals surface area (Å²) >= 11 is 0. The smallest absolute Gasteiger partial charge is 0.303 e. The second kappa shape index (κ2) is 6.44. The van der Waals surface area contributed by atoms with Crippen LogP contribution in [-0.4, -0.2) is 17.1 Å². The molecule has 0 amide bonds. The van der Waals surface area contributed by atoms with E-state index < -0.39 is 17.6 Å². The van der Waals surface area contributed by atoms with Gasteiger partial charge >= 0.3 is 5.97 Å². The highest BCUT2D eigenvalue weighted by molar-refractivity contribution is 5.66. The molecule has 0 bridgehead atoms. The van der Waals surface area contributed by atoms with Crippen molar-refractivity contribution in [1.82, 2.24) is 5.32 Å². The summed E-state index contributed by atoms with van der Waals surface area (Å²) in [5.74, 6) is -2.59. The molecule has 0 heterocycles. The predicted molar refractivity (Wildman–Crippen MR) is 64.2 cm³/mol. The van der Waals surface area contributed by atoms with Crippen molar-refractivity contribution in [3.05, 3.63) is 35.4 Å². The summed E-state index contributed by atoms with van der Waals surface area (Å²) in [5.41, 5.74) is 0.635. The van der Waals surface area contributed by atoms with Gasteiger partial charge in [0.1, 0.15) is 0 Å². The Balaban J connectivity index is 2.56. The highest BCUT2D eigenvalue weighted by atomic mass is 19.2. The molecule has 0 fully saturated rings. The first-order valence-corrected chi connectivity index (χ1v) is 5.83. The molecule has 0 aliphatic heterocycles. The molecule has 0 saturated carbocycles. The molecular weight excluding hydrogens is 240 g/mol. The summed E-state index contributed by atoms with van der Waals surface area (Å²) in [6, 6.07) is 3.58. The molecule has 18 heavy (non-hydrogen) atoms. The Morgan fingerprint density at radius 3 is 2.56 bits per heavy atom. The van der Waals surface area contributed by atoms with E-state index in [2.05, 4.69) is 5.32 Å². The average molecular weight is 257 g/mol. The maximum atomic E-state index is 13.1. The van der Waals surface area contributed by atoms with E-state index in [1.807, 2.05) is 13.8 Å². The zero-order valence-corrected chi connectivity index (χ0v) is 10.4. The first kappa shape index (κ1) is 14.6. The Morgan fingerprint density at radius 2 is 2.00 bits per heavy atom. The topological polar surface area (TPSA) is 49.3 Å². The standard InChI is InChI=1S/C13H17F2NO2/c1-8(3-6-13(17)18)16-9(2)10-4-5-11(14)12(15)7-10/h4-5,7-9,16H,3,6H2,1-2H3,(H,17,18). The van der Waals surface area contributed by atoms with E-state index in [-0.39, 0.29) is 18.5 Å². The number of carboxylic acids is 1. The van der Waals surface area contributed by atoms with Gasteiger partial charge in [0.05, 0.1) is 0 Å². The summed E-state index contributed by atoms with van der Waals surface area (Å²) in [4.78, 5) is 10.4. The lowest BCUT2D eigenvalue weighted by atomic mass is 10.1. The number of aliphatic carboxylic acids is 1. The van der Waals surface area contributed by atoms with Gasteiger partial charge in [-0.1, -0.05) is 6.07 Å². The van der Waals surface area contributed by atoms with Gasteiger partial charge < -0.3 is 10.4 Å². The zero-order chi connectivity index (χ0) is 13.7. The van der Waals surface area contributed by atoms with Crippen LogP contribution in [0.4, 0.5) is 8.78 Å². The molecule has 2 atom stereocenters. The fraction of sp³-hybridized carbons (Fsp3) is 0.462. The number of halogens is 2. The SMILES string of the molecule is CC(CCC(=O)O)NC(C)c1ccc(F)c(F)c1. The molecule has 1 rings (SSSR count). The van der Waals surface area contributed by atoms with Crippen LogP contribution in [0.3, 0.4) is 0 Å². The highest BCUT2D eigenvalue weighted by Gasteiger charge is 2.12. The van der Waals surface area contributed by atoms with Gasteiger partial charge in [-0.05, 0) is 38.0 Å². The van der Waals surface area contributed by atoms with Gasteiger partial charge in [0.25, 0.3) is 0 Å². The molecule has 5 heteroatoms. The molecule has 1 aromatic rings. The number of carbonyl (C=O) groups is 1. The van der Waals surface area contributed by atoms with Gasteiger partial charge in [0.15, 0.2) is 11.6 Å². The molecule has 3 nitrogen and oxygen atoms in total. The molecule has 100 valence electrons.